The van der Waals surface area contributed by atoms with E-state index in [0.717, 1.165) is 45.6 Å². The van der Waals surface area contributed by atoms with Gasteiger partial charge in [-0.3, -0.25) is 13.9 Å². The molecular weight excluding hydrogens is 702 g/mol. The van der Waals surface area contributed by atoms with Crippen molar-refractivity contribution < 1.29 is 22.7 Å². The third-order valence-electron chi connectivity index (χ3n) is 8.28. The maximum absolute atomic E-state index is 14.6. The molecule has 0 aliphatic heterocycles. The molecule has 1 fully saturated rings. The van der Waals surface area contributed by atoms with Gasteiger partial charge in [-0.15, -0.1) is 0 Å². The number of nitrogens with one attached hydrogen (secondary N) is 1. The van der Waals surface area contributed by atoms with Crippen molar-refractivity contribution in [3.63, 3.8) is 0 Å². The lowest BCUT2D eigenvalue weighted by molar-refractivity contribution is -0.140. The van der Waals surface area contributed by atoms with E-state index >= 15 is 0 Å². The number of hydrogen-bond donors (Lipinski definition) is 1. The smallest absolute Gasteiger partial charge is 0.264 e. The third-order valence-corrected chi connectivity index (χ3v) is 10.8. The lowest BCUT2D eigenvalue weighted by atomic mass is 10.0. The molecule has 1 aliphatic carbocycles. The molecule has 2 amide bonds. The molecule has 0 aromatic heterocycles. The lowest BCUT2D eigenvalue weighted by Crippen LogP contribution is -2.54. The zero-order valence-electron chi connectivity index (χ0n) is 26.0. The van der Waals surface area contributed by atoms with Gasteiger partial charge < -0.3 is 15.0 Å². The van der Waals surface area contributed by atoms with Crippen LogP contribution >= 0.6 is 27.5 Å². The Morgan fingerprint density at radius 1 is 0.894 bits per heavy atom. The number of methoxy groups -OCH3 is 1. The predicted octanol–water partition coefficient (Wildman–Crippen LogP) is 7.01. The molecule has 5 rings (SSSR count). The minimum absolute atomic E-state index is 0.0136. The zero-order valence-corrected chi connectivity index (χ0v) is 29.2. The van der Waals surface area contributed by atoms with E-state index in [9.17, 15) is 18.0 Å². The first-order valence-electron chi connectivity index (χ1n) is 15.4. The van der Waals surface area contributed by atoms with Crippen LogP contribution in [0.4, 0.5) is 5.69 Å². The van der Waals surface area contributed by atoms with E-state index in [2.05, 4.69) is 21.2 Å². The number of anilines is 1. The van der Waals surface area contributed by atoms with Gasteiger partial charge in [-0.05, 0) is 84.6 Å². The van der Waals surface area contributed by atoms with Crippen molar-refractivity contribution in [1.29, 1.82) is 0 Å². The molecule has 47 heavy (non-hydrogen) atoms. The molecule has 1 saturated carbocycles. The first-order chi connectivity index (χ1) is 22.6. The minimum atomic E-state index is -4.24. The van der Waals surface area contributed by atoms with Gasteiger partial charge in [0, 0.05) is 28.5 Å². The number of amides is 2. The molecule has 8 nitrogen and oxygen atoms in total. The maximum Gasteiger partial charge on any atom is 0.264 e. The molecular formula is C36H37BrClN3O5S. The van der Waals surface area contributed by atoms with Crippen LogP contribution in [0.2, 0.25) is 5.02 Å². The quantitative estimate of drug-likeness (QED) is 0.159. The van der Waals surface area contributed by atoms with E-state index in [1.807, 2.05) is 54.6 Å². The van der Waals surface area contributed by atoms with Crippen molar-refractivity contribution >= 4 is 55.1 Å². The predicted molar refractivity (Wildman–Crippen MR) is 188 cm³/mol. The Hall–Kier alpha value is -3.86. The first kappa shape index (κ1) is 34.5. The highest BCUT2D eigenvalue weighted by molar-refractivity contribution is 9.10. The monoisotopic (exact) mass is 737 g/mol. The molecule has 0 radical (unpaired) electrons. The van der Waals surface area contributed by atoms with Crippen LogP contribution in [-0.4, -0.2) is 50.9 Å². The molecule has 1 N–H and O–H groups in total. The normalized spacial score (nSPS) is 13.9. The number of benzene rings is 4. The molecule has 4 aromatic carbocycles. The van der Waals surface area contributed by atoms with Crippen molar-refractivity contribution in [2.45, 2.75) is 55.6 Å². The topological polar surface area (TPSA) is 96.0 Å². The van der Waals surface area contributed by atoms with Crippen molar-refractivity contribution in [3.05, 3.63) is 124 Å². The SMILES string of the molecule is COc1ccc(S(=O)(=O)N(CC(=O)N(Cc2ccc(Br)cc2)[C@@H](Cc2ccccc2)C(=O)NC2CCCC2)c2ccc(Cl)cc2)cc1. The Morgan fingerprint density at radius 3 is 2.15 bits per heavy atom. The standard InChI is InChI=1S/C36H37BrClN3O5S/c1-46-32-19-21-33(22-20-32)47(44,45)41(31-17-15-29(38)16-18-31)25-35(42)40(24-27-11-13-28(37)14-12-27)34(23-26-7-3-2-4-8-26)36(43)39-30-9-5-6-10-30/h2-4,7-8,11-22,30,34H,5-6,9-10,23-25H2,1H3,(H,39,43)/t34-/m0/s1. The van der Waals surface area contributed by atoms with Crippen molar-refractivity contribution in [2.24, 2.45) is 0 Å². The number of hydrogen-bond acceptors (Lipinski definition) is 5. The van der Waals surface area contributed by atoms with Crippen LogP contribution in [0, 0.1) is 0 Å². The van der Waals surface area contributed by atoms with Crippen molar-refractivity contribution in [3.8, 4) is 5.75 Å². The first-order valence-corrected chi connectivity index (χ1v) is 18.1. The summed E-state index contributed by atoms with van der Waals surface area (Å²) in [6.07, 6.45) is 4.10. The Kier molecular flexibility index (Phi) is 11.6. The Bertz CT molecular complexity index is 1750. The van der Waals surface area contributed by atoms with E-state index in [-0.39, 0.29) is 35.5 Å². The molecule has 246 valence electrons. The highest BCUT2D eigenvalue weighted by Gasteiger charge is 2.35. The number of halogens is 2. The van der Waals surface area contributed by atoms with Crippen LogP contribution in [0.5, 0.6) is 5.75 Å². The Balaban J connectivity index is 1.55. The summed E-state index contributed by atoms with van der Waals surface area (Å²) in [4.78, 5) is 30.2. The summed E-state index contributed by atoms with van der Waals surface area (Å²) in [5.74, 6) is -0.291. The van der Waals surface area contributed by atoms with Crippen molar-refractivity contribution in [1.82, 2.24) is 10.2 Å². The van der Waals surface area contributed by atoms with E-state index in [1.165, 1.54) is 24.1 Å². The van der Waals surface area contributed by atoms with Crippen LogP contribution in [-0.2, 0) is 32.6 Å². The highest BCUT2D eigenvalue weighted by atomic mass is 79.9. The second-order valence-corrected chi connectivity index (χ2v) is 14.7. The van der Waals surface area contributed by atoms with Gasteiger partial charge in [0.2, 0.25) is 11.8 Å². The van der Waals surface area contributed by atoms with E-state index in [4.69, 9.17) is 16.3 Å². The van der Waals surface area contributed by atoms with Gasteiger partial charge in [0.05, 0.1) is 17.7 Å². The Labute approximate surface area is 289 Å². The summed E-state index contributed by atoms with van der Waals surface area (Å²) in [5, 5.41) is 3.61. The minimum Gasteiger partial charge on any atom is -0.497 e. The molecule has 1 aliphatic rings. The fourth-order valence-electron chi connectivity index (χ4n) is 5.72. The van der Waals surface area contributed by atoms with Gasteiger partial charge in [0.15, 0.2) is 0 Å². The molecule has 1 atom stereocenters. The summed E-state index contributed by atoms with van der Waals surface area (Å²) in [7, 11) is -2.75. The molecule has 0 spiro atoms. The molecule has 0 unspecified atom stereocenters. The van der Waals surface area contributed by atoms with Crippen LogP contribution in [0.1, 0.15) is 36.8 Å². The molecule has 0 bridgehead atoms. The van der Waals surface area contributed by atoms with Gasteiger partial charge in [-0.1, -0.05) is 82.8 Å². The van der Waals surface area contributed by atoms with Gasteiger partial charge in [-0.2, -0.15) is 0 Å². The number of nitrogens with zero attached hydrogens (tertiary/aromatic N) is 2. The van der Waals surface area contributed by atoms with E-state index < -0.39 is 28.5 Å². The summed E-state index contributed by atoms with van der Waals surface area (Å²) < 4.78 is 35.5. The average Bonchev–Trinajstić information content (AvgIpc) is 3.60. The summed E-state index contributed by atoms with van der Waals surface area (Å²) in [6.45, 7) is -0.451. The van der Waals surface area contributed by atoms with Gasteiger partial charge in [0.25, 0.3) is 10.0 Å². The summed E-state index contributed by atoms with van der Waals surface area (Å²) in [5.41, 5.74) is 1.94. The number of carbonyl (C=O) groups is 2. The zero-order chi connectivity index (χ0) is 33.4. The van der Waals surface area contributed by atoms with Crippen molar-refractivity contribution in [2.75, 3.05) is 18.0 Å². The highest BCUT2D eigenvalue weighted by Crippen LogP contribution is 2.28. The summed E-state index contributed by atoms with van der Waals surface area (Å²) >= 11 is 9.62. The number of ether oxygens (including phenoxy) is 1. The van der Waals surface area contributed by atoms with Gasteiger partial charge >= 0.3 is 0 Å². The Morgan fingerprint density at radius 2 is 1.53 bits per heavy atom. The lowest BCUT2D eigenvalue weighted by Gasteiger charge is -2.34. The van der Waals surface area contributed by atoms with E-state index in [1.54, 1.807) is 36.4 Å². The molecule has 4 aromatic rings. The van der Waals surface area contributed by atoms with Crippen LogP contribution in [0.15, 0.2) is 112 Å². The van der Waals surface area contributed by atoms with Gasteiger partial charge in [-0.25, -0.2) is 8.42 Å². The fraction of sp³-hybridized carbons (Fsp3) is 0.278. The second kappa shape index (κ2) is 15.8. The molecule has 0 heterocycles. The average molecular weight is 739 g/mol. The fourth-order valence-corrected chi connectivity index (χ4v) is 7.52. The van der Waals surface area contributed by atoms with Crippen LogP contribution in [0.25, 0.3) is 0 Å². The second-order valence-electron chi connectivity index (χ2n) is 11.5. The third kappa shape index (κ3) is 8.94. The van der Waals surface area contributed by atoms with Crippen LogP contribution < -0.4 is 14.4 Å². The number of rotatable bonds is 13. The summed E-state index contributed by atoms with van der Waals surface area (Å²) in [6, 6.07) is 28.4. The number of carbonyl (C=O) groups excluding carboxylic acids is 2. The maximum atomic E-state index is 14.6. The van der Waals surface area contributed by atoms with Crippen LogP contribution in [0.3, 0.4) is 0 Å². The van der Waals surface area contributed by atoms with Gasteiger partial charge in [0.1, 0.15) is 18.3 Å². The van der Waals surface area contributed by atoms with E-state index in [0.29, 0.717) is 10.8 Å². The molecule has 0 saturated heterocycles. The molecule has 11 heteroatoms. The largest absolute Gasteiger partial charge is 0.497 e. The number of sulfonamides is 1.